The maximum atomic E-state index is 3.49. The molecular weight excluding hydrogens is 172 g/mol. The number of hydrogen-bond donors (Lipinski definition) is 1. The number of nitrogens with one attached hydrogen (secondary N) is 1. The molecule has 0 aromatic rings. The van der Waals surface area contributed by atoms with Gasteiger partial charge in [0.15, 0.2) is 0 Å². The lowest BCUT2D eigenvalue weighted by atomic mass is 10.1. The van der Waals surface area contributed by atoms with Crippen molar-refractivity contribution in [2.75, 3.05) is 26.7 Å². The summed E-state index contributed by atoms with van der Waals surface area (Å²) in [5, 5.41) is 3.49. The summed E-state index contributed by atoms with van der Waals surface area (Å²) >= 11 is 0. The number of rotatable bonds is 4. The minimum Gasteiger partial charge on any atom is -0.315 e. The van der Waals surface area contributed by atoms with Crippen molar-refractivity contribution in [3.8, 4) is 0 Å². The highest BCUT2D eigenvalue weighted by atomic mass is 15.1. The van der Waals surface area contributed by atoms with E-state index in [9.17, 15) is 0 Å². The van der Waals surface area contributed by atoms with Gasteiger partial charge in [0.05, 0.1) is 0 Å². The smallest absolute Gasteiger partial charge is 0.0220 e. The third-order valence-corrected chi connectivity index (χ3v) is 3.72. The van der Waals surface area contributed by atoms with Crippen molar-refractivity contribution >= 4 is 0 Å². The molecule has 0 bridgehead atoms. The quantitative estimate of drug-likeness (QED) is 0.738. The number of nitrogens with zero attached hydrogens (tertiary/aromatic N) is 1. The van der Waals surface area contributed by atoms with E-state index >= 15 is 0 Å². The molecular formula is C12H24N2. The molecule has 1 N–H and O–H groups in total. The molecule has 1 unspecified atom stereocenters. The van der Waals surface area contributed by atoms with Crippen molar-refractivity contribution in [2.45, 2.75) is 44.6 Å². The van der Waals surface area contributed by atoms with Gasteiger partial charge in [0, 0.05) is 12.6 Å². The Bertz CT molecular complexity index is 158. The van der Waals surface area contributed by atoms with Gasteiger partial charge in [-0.1, -0.05) is 12.8 Å². The molecule has 1 aliphatic carbocycles. The average molecular weight is 196 g/mol. The van der Waals surface area contributed by atoms with E-state index in [4.69, 9.17) is 0 Å². The maximum Gasteiger partial charge on any atom is 0.0220 e. The summed E-state index contributed by atoms with van der Waals surface area (Å²) in [6.45, 7) is 3.97. The standard InChI is InChI=1S/C12H24N2/c1-13-12(11-6-7-11)10-14-8-4-2-3-5-9-14/h11-13H,2-10H2,1H3. The van der Waals surface area contributed by atoms with Crippen molar-refractivity contribution in [2.24, 2.45) is 5.92 Å². The van der Waals surface area contributed by atoms with Gasteiger partial charge in [-0.2, -0.15) is 0 Å². The fourth-order valence-electron chi connectivity index (χ4n) is 2.57. The van der Waals surface area contributed by atoms with Gasteiger partial charge in [0.1, 0.15) is 0 Å². The second-order valence-electron chi connectivity index (χ2n) is 4.95. The fourth-order valence-corrected chi connectivity index (χ4v) is 2.57. The molecule has 1 heterocycles. The highest BCUT2D eigenvalue weighted by Crippen LogP contribution is 2.33. The summed E-state index contributed by atoms with van der Waals surface area (Å²) in [6.07, 6.45) is 8.65. The molecule has 1 atom stereocenters. The Balaban J connectivity index is 1.75. The first kappa shape index (κ1) is 10.4. The van der Waals surface area contributed by atoms with Crippen molar-refractivity contribution in [1.29, 1.82) is 0 Å². The molecule has 1 saturated heterocycles. The molecule has 0 amide bonds. The van der Waals surface area contributed by atoms with Gasteiger partial charge in [-0.05, 0) is 51.7 Å². The first-order chi connectivity index (χ1) is 6.90. The second kappa shape index (κ2) is 5.13. The van der Waals surface area contributed by atoms with Gasteiger partial charge >= 0.3 is 0 Å². The Labute approximate surface area is 88.1 Å². The zero-order valence-electron chi connectivity index (χ0n) is 9.47. The SMILES string of the molecule is CNC(CN1CCCCCC1)C1CC1. The van der Waals surface area contributed by atoms with Crippen LogP contribution < -0.4 is 5.32 Å². The maximum absolute atomic E-state index is 3.49. The van der Waals surface area contributed by atoms with Crippen LogP contribution >= 0.6 is 0 Å². The van der Waals surface area contributed by atoms with Crippen LogP contribution in [0.25, 0.3) is 0 Å². The predicted octanol–water partition coefficient (Wildman–Crippen LogP) is 1.86. The Morgan fingerprint density at radius 2 is 1.79 bits per heavy atom. The summed E-state index contributed by atoms with van der Waals surface area (Å²) in [5.74, 6) is 0.989. The van der Waals surface area contributed by atoms with Gasteiger partial charge in [-0.25, -0.2) is 0 Å². The molecule has 2 nitrogen and oxygen atoms in total. The van der Waals surface area contributed by atoms with E-state index < -0.39 is 0 Å². The highest BCUT2D eigenvalue weighted by Gasteiger charge is 2.31. The van der Waals surface area contributed by atoms with E-state index in [0.717, 1.165) is 12.0 Å². The molecule has 1 saturated carbocycles. The first-order valence-electron chi connectivity index (χ1n) is 6.30. The molecule has 2 fully saturated rings. The zero-order valence-corrected chi connectivity index (χ0v) is 9.47. The highest BCUT2D eigenvalue weighted by molar-refractivity contribution is 4.87. The Morgan fingerprint density at radius 3 is 2.29 bits per heavy atom. The topological polar surface area (TPSA) is 15.3 Å². The lowest BCUT2D eigenvalue weighted by Crippen LogP contribution is -2.41. The summed E-state index contributed by atoms with van der Waals surface area (Å²) in [5.41, 5.74) is 0. The molecule has 0 spiro atoms. The summed E-state index contributed by atoms with van der Waals surface area (Å²) in [4.78, 5) is 2.67. The Kier molecular flexibility index (Phi) is 3.82. The third-order valence-electron chi connectivity index (χ3n) is 3.72. The molecule has 0 aromatic heterocycles. The lowest BCUT2D eigenvalue weighted by molar-refractivity contribution is 0.244. The van der Waals surface area contributed by atoms with E-state index in [1.54, 1.807) is 0 Å². The van der Waals surface area contributed by atoms with Gasteiger partial charge in [-0.3, -0.25) is 0 Å². The van der Waals surface area contributed by atoms with E-state index in [-0.39, 0.29) is 0 Å². The minimum absolute atomic E-state index is 0.771. The van der Waals surface area contributed by atoms with Crippen LogP contribution in [0, 0.1) is 5.92 Å². The largest absolute Gasteiger partial charge is 0.315 e. The van der Waals surface area contributed by atoms with E-state index in [0.29, 0.717) is 0 Å². The van der Waals surface area contributed by atoms with Crippen LogP contribution in [-0.4, -0.2) is 37.6 Å². The molecule has 2 rings (SSSR count). The minimum atomic E-state index is 0.771. The molecule has 14 heavy (non-hydrogen) atoms. The van der Waals surface area contributed by atoms with Crippen molar-refractivity contribution < 1.29 is 0 Å². The van der Waals surface area contributed by atoms with Gasteiger partial charge in [0.2, 0.25) is 0 Å². The van der Waals surface area contributed by atoms with Gasteiger partial charge < -0.3 is 10.2 Å². The number of likely N-dealkylation sites (N-methyl/N-ethyl adjacent to an activating group) is 1. The van der Waals surface area contributed by atoms with E-state index in [1.807, 2.05) is 0 Å². The van der Waals surface area contributed by atoms with Crippen LogP contribution in [0.3, 0.4) is 0 Å². The number of likely N-dealkylation sites (tertiary alicyclic amines) is 1. The third kappa shape index (κ3) is 2.96. The zero-order chi connectivity index (χ0) is 9.80. The average Bonchev–Trinajstić information content (AvgIpc) is 3.01. The normalized spacial score (nSPS) is 27.2. The van der Waals surface area contributed by atoms with Gasteiger partial charge in [0.25, 0.3) is 0 Å². The first-order valence-corrected chi connectivity index (χ1v) is 6.30. The van der Waals surface area contributed by atoms with Crippen LogP contribution in [0.2, 0.25) is 0 Å². The summed E-state index contributed by atoms with van der Waals surface area (Å²) < 4.78 is 0. The van der Waals surface area contributed by atoms with Crippen LogP contribution in [0.5, 0.6) is 0 Å². The molecule has 82 valence electrons. The molecule has 0 aromatic carbocycles. The lowest BCUT2D eigenvalue weighted by Gasteiger charge is -2.25. The van der Waals surface area contributed by atoms with Crippen molar-refractivity contribution in [1.82, 2.24) is 10.2 Å². The van der Waals surface area contributed by atoms with Gasteiger partial charge in [-0.15, -0.1) is 0 Å². The van der Waals surface area contributed by atoms with E-state index in [2.05, 4.69) is 17.3 Å². The Hall–Kier alpha value is -0.0800. The second-order valence-corrected chi connectivity index (χ2v) is 4.95. The van der Waals surface area contributed by atoms with Crippen molar-refractivity contribution in [3.63, 3.8) is 0 Å². The molecule has 1 aliphatic heterocycles. The Morgan fingerprint density at radius 1 is 1.14 bits per heavy atom. The van der Waals surface area contributed by atoms with E-state index in [1.165, 1.54) is 58.2 Å². The van der Waals surface area contributed by atoms with Crippen LogP contribution in [0.15, 0.2) is 0 Å². The van der Waals surface area contributed by atoms with Crippen LogP contribution in [-0.2, 0) is 0 Å². The number of hydrogen-bond acceptors (Lipinski definition) is 2. The molecule has 2 heteroatoms. The summed E-state index contributed by atoms with van der Waals surface area (Å²) in [7, 11) is 2.13. The predicted molar refractivity (Wildman–Crippen MR) is 60.5 cm³/mol. The van der Waals surface area contributed by atoms with Crippen molar-refractivity contribution in [3.05, 3.63) is 0 Å². The fraction of sp³-hybridized carbons (Fsp3) is 1.00. The van der Waals surface area contributed by atoms with Crippen LogP contribution in [0.4, 0.5) is 0 Å². The van der Waals surface area contributed by atoms with Crippen LogP contribution in [0.1, 0.15) is 38.5 Å². The monoisotopic (exact) mass is 196 g/mol. The summed E-state index contributed by atoms with van der Waals surface area (Å²) in [6, 6.07) is 0.771. The molecule has 2 aliphatic rings. The molecule has 0 radical (unpaired) electrons.